The second-order valence-corrected chi connectivity index (χ2v) is 4.07. The molecule has 0 saturated heterocycles. The molecule has 1 aromatic heterocycles. The van der Waals surface area contributed by atoms with Gasteiger partial charge in [0.25, 0.3) is 5.91 Å². The summed E-state index contributed by atoms with van der Waals surface area (Å²) >= 11 is 0. The van der Waals surface area contributed by atoms with Gasteiger partial charge in [-0.1, -0.05) is 13.8 Å². The van der Waals surface area contributed by atoms with E-state index in [9.17, 15) is 4.79 Å². The molecule has 17 heavy (non-hydrogen) atoms. The van der Waals surface area contributed by atoms with E-state index in [1.807, 2.05) is 20.2 Å². The predicted octanol–water partition coefficient (Wildman–Crippen LogP) is 2.38. The molecular formula is C13H21N3O. The lowest BCUT2D eigenvalue weighted by molar-refractivity contribution is 0.0718. The van der Waals surface area contributed by atoms with Gasteiger partial charge in [-0.3, -0.25) is 4.79 Å². The molecule has 0 aliphatic rings. The van der Waals surface area contributed by atoms with Crippen molar-refractivity contribution in [1.29, 1.82) is 0 Å². The Morgan fingerprint density at radius 3 is 2.47 bits per heavy atom. The lowest BCUT2D eigenvalue weighted by atomic mass is 10.1. The molecular weight excluding hydrogens is 214 g/mol. The van der Waals surface area contributed by atoms with Crippen molar-refractivity contribution < 1.29 is 4.79 Å². The van der Waals surface area contributed by atoms with E-state index >= 15 is 0 Å². The molecule has 1 aromatic rings. The van der Waals surface area contributed by atoms with Crippen LogP contribution in [-0.2, 0) is 0 Å². The summed E-state index contributed by atoms with van der Waals surface area (Å²) < 4.78 is 0. The molecule has 1 N–H and O–H groups in total. The minimum atomic E-state index is -0.0126. The summed E-state index contributed by atoms with van der Waals surface area (Å²) in [5, 5.41) is 2.98. The van der Waals surface area contributed by atoms with Crippen LogP contribution >= 0.6 is 0 Å². The second-order valence-electron chi connectivity index (χ2n) is 4.07. The van der Waals surface area contributed by atoms with Crippen molar-refractivity contribution in [3.05, 3.63) is 24.0 Å². The third-order valence-corrected chi connectivity index (χ3v) is 3.08. The first-order valence-electron chi connectivity index (χ1n) is 6.05. The average Bonchev–Trinajstić information content (AvgIpc) is 2.39. The summed E-state index contributed by atoms with van der Waals surface area (Å²) in [6.45, 7) is 4.19. The van der Waals surface area contributed by atoms with Gasteiger partial charge in [-0.15, -0.1) is 0 Å². The molecule has 0 spiro atoms. The maximum absolute atomic E-state index is 12.1. The van der Waals surface area contributed by atoms with Gasteiger partial charge in [-0.25, -0.2) is 4.98 Å². The average molecular weight is 235 g/mol. The van der Waals surface area contributed by atoms with Crippen molar-refractivity contribution in [3.63, 3.8) is 0 Å². The SMILES string of the molecule is CCC(CC)N(C)C(=O)c1ccc(NC)cn1. The summed E-state index contributed by atoms with van der Waals surface area (Å²) in [4.78, 5) is 18.1. The molecule has 1 rings (SSSR count). The monoisotopic (exact) mass is 235 g/mol. The van der Waals surface area contributed by atoms with E-state index < -0.39 is 0 Å². The fourth-order valence-electron chi connectivity index (χ4n) is 1.85. The fraction of sp³-hybridized carbons (Fsp3) is 0.538. The van der Waals surface area contributed by atoms with E-state index in [1.165, 1.54) is 0 Å². The highest BCUT2D eigenvalue weighted by atomic mass is 16.2. The molecule has 0 aliphatic carbocycles. The molecule has 0 saturated carbocycles. The van der Waals surface area contributed by atoms with Crippen molar-refractivity contribution in [3.8, 4) is 0 Å². The number of nitrogens with one attached hydrogen (secondary N) is 1. The van der Waals surface area contributed by atoms with Crippen molar-refractivity contribution >= 4 is 11.6 Å². The maximum atomic E-state index is 12.1. The Morgan fingerprint density at radius 2 is 2.06 bits per heavy atom. The molecule has 0 bridgehead atoms. The molecule has 0 fully saturated rings. The highest BCUT2D eigenvalue weighted by Crippen LogP contribution is 2.11. The summed E-state index contributed by atoms with van der Waals surface area (Å²) in [6.07, 6.45) is 3.61. The molecule has 4 heteroatoms. The van der Waals surface area contributed by atoms with Gasteiger partial charge in [0.15, 0.2) is 0 Å². The molecule has 0 aromatic carbocycles. The topological polar surface area (TPSA) is 45.2 Å². The van der Waals surface area contributed by atoms with Crippen LogP contribution in [-0.4, -0.2) is 35.9 Å². The minimum absolute atomic E-state index is 0.0126. The second kappa shape index (κ2) is 6.23. The number of amides is 1. The number of pyridine rings is 1. The molecule has 94 valence electrons. The van der Waals surface area contributed by atoms with Gasteiger partial charge in [-0.05, 0) is 25.0 Å². The number of hydrogen-bond acceptors (Lipinski definition) is 3. The number of anilines is 1. The van der Waals surface area contributed by atoms with Crippen LogP contribution in [0.4, 0.5) is 5.69 Å². The molecule has 0 unspecified atom stereocenters. The fourth-order valence-corrected chi connectivity index (χ4v) is 1.85. The Morgan fingerprint density at radius 1 is 1.41 bits per heavy atom. The van der Waals surface area contributed by atoms with Gasteiger partial charge in [0.1, 0.15) is 5.69 Å². The third-order valence-electron chi connectivity index (χ3n) is 3.08. The number of carbonyl (C=O) groups is 1. The molecule has 0 atom stereocenters. The lowest BCUT2D eigenvalue weighted by Crippen LogP contribution is -2.36. The first kappa shape index (κ1) is 13.5. The normalized spacial score (nSPS) is 10.4. The zero-order valence-corrected chi connectivity index (χ0v) is 11.0. The molecule has 0 aliphatic heterocycles. The zero-order chi connectivity index (χ0) is 12.8. The number of rotatable bonds is 5. The van der Waals surface area contributed by atoms with Gasteiger partial charge >= 0.3 is 0 Å². The van der Waals surface area contributed by atoms with Crippen LogP contribution in [0.2, 0.25) is 0 Å². The Labute approximate surface area is 103 Å². The van der Waals surface area contributed by atoms with Crippen molar-refractivity contribution in [1.82, 2.24) is 9.88 Å². The van der Waals surface area contributed by atoms with E-state index in [4.69, 9.17) is 0 Å². The maximum Gasteiger partial charge on any atom is 0.272 e. The Kier molecular flexibility index (Phi) is 4.94. The lowest BCUT2D eigenvalue weighted by Gasteiger charge is -2.25. The first-order valence-corrected chi connectivity index (χ1v) is 6.05. The molecule has 1 heterocycles. The zero-order valence-electron chi connectivity index (χ0n) is 11.0. The van der Waals surface area contributed by atoms with Gasteiger partial charge in [0.05, 0.1) is 11.9 Å². The van der Waals surface area contributed by atoms with E-state index in [2.05, 4.69) is 24.1 Å². The van der Waals surface area contributed by atoms with Crippen molar-refractivity contribution in [2.45, 2.75) is 32.7 Å². The molecule has 0 radical (unpaired) electrons. The highest BCUT2D eigenvalue weighted by Gasteiger charge is 2.18. The smallest absolute Gasteiger partial charge is 0.272 e. The first-order chi connectivity index (χ1) is 8.13. The van der Waals surface area contributed by atoms with Gasteiger partial charge in [0.2, 0.25) is 0 Å². The summed E-state index contributed by atoms with van der Waals surface area (Å²) in [5.74, 6) is -0.0126. The highest BCUT2D eigenvalue weighted by molar-refractivity contribution is 5.92. The van der Waals surface area contributed by atoms with Crippen LogP contribution in [0.1, 0.15) is 37.2 Å². The van der Waals surface area contributed by atoms with Gasteiger partial charge in [0, 0.05) is 20.1 Å². The van der Waals surface area contributed by atoms with Crippen LogP contribution in [0.25, 0.3) is 0 Å². The van der Waals surface area contributed by atoms with E-state index in [0.29, 0.717) is 5.69 Å². The van der Waals surface area contributed by atoms with Crippen LogP contribution in [0.15, 0.2) is 18.3 Å². The van der Waals surface area contributed by atoms with E-state index in [0.717, 1.165) is 18.5 Å². The van der Waals surface area contributed by atoms with Crippen molar-refractivity contribution in [2.24, 2.45) is 0 Å². The van der Waals surface area contributed by atoms with Gasteiger partial charge < -0.3 is 10.2 Å². The predicted molar refractivity (Wildman–Crippen MR) is 70.2 cm³/mol. The van der Waals surface area contributed by atoms with Crippen LogP contribution in [0, 0.1) is 0 Å². The Bertz CT molecular complexity index is 357. The standard InChI is InChI=1S/C13H21N3O/c1-5-11(6-2)16(4)13(17)12-8-7-10(14-3)9-15-12/h7-9,11,14H,5-6H2,1-4H3. The van der Waals surface area contributed by atoms with E-state index in [-0.39, 0.29) is 11.9 Å². The number of hydrogen-bond donors (Lipinski definition) is 1. The third kappa shape index (κ3) is 3.19. The van der Waals surface area contributed by atoms with Crippen LogP contribution < -0.4 is 5.32 Å². The number of nitrogens with zero attached hydrogens (tertiary/aromatic N) is 2. The van der Waals surface area contributed by atoms with Crippen molar-refractivity contribution in [2.75, 3.05) is 19.4 Å². The quantitative estimate of drug-likeness (QED) is 0.852. The molecule has 4 nitrogen and oxygen atoms in total. The summed E-state index contributed by atoms with van der Waals surface area (Å²) in [5.41, 5.74) is 1.41. The Balaban J connectivity index is 2.80. The van der Waals surface area contributed by atoms with Crippen LogP contribution in [0.5, 0.6) is 0 Å². The summed E-state index contributed by atoms with van der Waals surface area (Å²) in [6, 6.07) is 3.90. The Hall–Kier alpha value is -1.58. The van der Waals surface area contributed by atoms with Crippen LogP contribution in [0.3, 0.4) is 0 Å². The number of aromatic nitrogens is 1. The summed E-state index contributed by atoms with van der Waals surface area (Å²) in [7, 11) is 3.67. The van der Waals surface area contributed by atoms with Gasteiger partial charge in [-0.2, -0.15) is 0 Å². The number of carbonyl (C=O) groups excluding carboxylic acids is 1. The minimum Gasteiger partial charge on any atom is -0.387 e. The molecule has 1 amide bonds. The van der Waals surface area contributed by atoms with E-state index in [1.54, 1.807) is 17.2 Å². The largest absolute Gasteiger partial charge is 0.387 e.